The molecule has 0 saturated heterocycles. The van der Waals surface area contributed by atoms with Crippen LogP contribution in [0.2, 0.25) is 0 Å². The quantitative estimate of drug-likeness (QED) is 0.838. The molecule has 1 N–H and O–H groups in total. The average Bonchev–Trinajstić information content (AvgIpc) is 2.36. The molecule has 1 aliphatic rings. The summed E-state index contributed by atoms with van der Waals surface area (Å²) in [6, 6.07) is 6.30. The summed E-state index contributed by atoms with van der Waals surface area (Å²) in [7, 11) is 2.10. The van der Waals surface area contributed by atoms with Crippen molar-refractivity contribution in [3.8, 4) is 0 Å². The largest absolute Gasteiger partial charge is 0.374 e. The first-order valence-corrected chi connectivity index (χ1v) is 6.65. The van der Waals surface area contributed by atoms with Crippen LogP contribution in [0, 0.1) is 0 Å². The lowest BCUT2D eigenvalue weighted by molar-refractivity contribution is -0.127. The second-order valence-electron chi connectivity index (χ2n) is 5.14. The van der Waals surface area contributed by atoms with E-state index >= 15 is 0 Å². The van der Waals surface area contributed by atoms with E-state index in [-0.39, 0.29) is 18.1 Å². The molecule has 2 rings (SSSR count). The second kappa shape index (κ2) is 5.87. The van der Waals surface area contributed by atoms with E-state index in [9.17, 15) is 9.59 Å². The molecule has 0 atom stereocenters. The Morgan fingerprint density at radius 1 is 1.37 bits per heavy atom. The topological polar surface area (TPSA) is 49.4 Å². The molecule has 0 bridgehead atoms. The summed E-state index contributed by atoms with van der Waals surface area (Å²) in [5.41, 5.74) is 3.71. The molecule has 0 spiro atoms. The summed E-state index contributed by atoms with van der Waals surface area (Å²) in [6.45, 7) is 3.01. The highest BCUT2D eigenvalue weighted by molar-refractivity contribution is 5.96. The summed E-state index contributed by atoms with van der Waals surface area (Å²) in [4.78, 5) is 24.5. The number of fused-ring (bicyclic) bond motifs is 1. The SMILES string of the molecule is CC(=O)CC(=O)NCc1ccc2c(c1)CCCN2C. The van der Waals surface area contributed by atoms with Gasteiger partial charge >= 0.3 is 0 Å². The van der Waals surface area contributed by atoms with Gasteiger partial charge in [0.15, 0.2) is 0 Å². The monoisotopic (exact) mass is 260 g/mol. The van der Waals surface area contributed by atoms with Gasteiger partial charge in [0, 0.05) is 25.8 Å². The predicted octanol–water partition coefficient (Wildman–Crippen LogP) is 1.66. The van der Waals surface area contributed by atoms with Crippen LogP contribution in [0.25, 0.3) is 0 Å². The Kier molecular flexibility index (Phi) is 4.20. The number of nitrogens with zero attached hydrogens (tertiary/aromatic N) is 1. The van der Waals surface area contributed by atoms with Gasteiger partial charge in [-0.05, 0) is 37.0 Å². The summed E-state index contributed by atoms with van der Waals surface area (Å²) in [5.74, 6) is -0.313. The molecule has 1 aliphatic heterocycles. The smallest absolute Gasteiger partial charge is 0.227 e. The molecular formula is C15H20N2O2. The first-order chi connectivity index (χ1) is 9.06. The lowest BCUT2D eigenvalue weighted by Gasteiger charge is -2.27. The third-order valence-electron chi connectivity index (χ3n) is 3.39. The van der Waals surface area contributed by atoms with E-state index in [1.54, 1.807) is 0 Å². The Labute approximate surface area is 113 Å². The van der Waals surface area contributed by atoms with Crippen molar-refractivity contribution in [1.29, 1.82) is 0 Å². The number of ketones is 1. The van der Waals surface area contributed by atoms with E-state index in [0.717, 1.165) is 18.5 Å². The highest BCUT2D eigenvalue weighted by Crippen LogP contribution is 2.26. The van der Waals surface area contributed by atoms with Gasteiger partial charge in [-0.1, -0.05) is 12.1 Å². The van der Waals surface area contributed by atoms with Crippen molar-refractivity contribution in [2.75, 3.05) is 18.5 Å². The van der Waals surface area contributed by atoms with Crippen LogP contribution in [0.15, 0.2) is 18.2 Å². The number of carbonyl (C=O) groups is 2. The fraction of sp³-hybridized carbons (Fsp3) is 0.467. The minimum absolute atomic E-state index is 0.0340. The maximum Gasteiger partial charge on any atom is 0.227 e. The molecule has 4 heteroatoms. The number of rotatable bonds is 4. The Balaban J connectivity index is 1.98. The highest BCUT2D eigenvalue weighted by Gasteiger charge is 2.13. The number of aryl methyl sites for hydroxylation is 1. The number of carbonyl (C=O) groups excluding carboxylic acids is 2. The van der Waals surface area contributed by atoms with Crippen LogP contribution in [0.5, 0.6) is 0 Å². The minimum atomic E-state index is -0.206. The molecule has 0 aromatic heterocycles. The normalized spacial score (nSPS) is 13.9. The maximum atomic E-state index is 11.4. The van der Waals surface area contributed by atoms with Gasteiger partial charge in [0.1, 0.15) is 5.78 Å². The lowest BCUT2D eigenvalue weighted by Crippen LogP contribution is -2.26. The van der Waals surface area contributed by atoms with Crippen molar-refractivity contribution < 1.29 is 9.59 Å². The average molecular weight is 260 g/mol. The number of amides is 1. The molecule has 1 aromatic carbocycles. The van der Waals surface area contributed by atoms with Crippen LogP contribution in [0.1, 0.15) is 30.9 Å². The maximum absolute atomic E-state index is 11.4. The van der Waals surface area contributed by atoms with Crippen molar-refractivity contribution in [2.45, 2.75) is 32.7 Å². The number of hydrogen-bond acceptors (Lipinski definition) is 3. The Morgan fingerprint density at radius 2 is 2.16 bits per heavy atom. The number of Topliss-reactive ketones (excluding diaryl/α,β-unsaturated/α-hetero) is 1. The molecule has 0 aliphatic carbocycles. The van der Waals surface area contributed by atoms with Gasteiger partial charge in [-0.3, -0.25) is 9.59 Å². The zero-order valence-electron chi connectivity index (χ0n) is 11.5. The van der Waals surface area contributed by atoms with Crippen LogP contribution in [0.3, 0.4) is 0 Å². The van der Waals surface area contributed by atoms with E-state index < -0.39 is 0 Å². The van der Waals surface area contributed by atoms with Crippen LogP contribution >= 0.6 is 0 Å². The summed E-state index contributed by atoms with van der Waals surface area (Å²) in [5, 5.41) is 2.77. The first kappa shape index (κ1) is 13.6. The zero-order valence-corrected chi connectivity index (χ0v) is 11.5. The number of anilines is 1. The standard InChI is InChI=1S/C15H20N2O2/c1-11(18)8-15(19)16-10-12-5-6-14-13(9-12)4-3-7-17(14)2/h5-6,9H,3-4,7-8,10H2,1-2H3,(H,16,19). The molecular weight excluding hydrogens is 240 g/mol. The molecule has 4 nitrogen and oxygen atoms in total. The molecule has 1 amide bonds. The molecule has 0 unspecified atom stereocenters. The van der Waals surface area contributed by atoms with E-state index in [0.29, 0.717) is 6.54 Å². The fourth-order valence-electron chi connectivity index (χ4n) is 2.44. The molecule has 1 heterocycles. The number of benzene rings is 1. The summed E-state index contributed by atoms with van der Waals surface area (Å²) < 4.78 is 0. The summed E-state index contributed by atoms with van der Waals surface area (Å²) >= 11 is 0. The molecule has 0 saturated carbocycles. The van der Waals surface area contributed by atoms with Crippen molar-refractivity contribution in [1.82, 2.24) is 5.32 Å². The number of hydrogen-bond donors (Lipinski definition) is 1. The molecule has 0 radical (unpaired) electrons. The van der Waals surface area contributed by atoms with Crippen LogP contribution < -0.4 is 10.2 Å². The first-order valence-electron chi connectivity index (χ1n) is 6.65. The van der Waals surface area contributed by atoms with Crippen LogP contribution in [0.4, 0.5) is 5.69 Å². The highest BCUT2D eigenvalue weighted by atomic mass is 16.2. The van der Waals surface area contributed by atoms with Crippen molar-refractivity contribution in [2.24, 2.45) is 0 Å². The fourth-order valence-corrected chi connectivity index (χ4v) is 2.44. The summed E-state index contributed by atoms with van der Waals surface area (Å²) in [6.07, 6.45) is 2.23. The lowest BCUT2D eigenvalue weighted by atomic mass is 9.99. The molecule has 0 fully saturated rings. The third kappa shape index (κ3) is 3.56. The second-order valence-corrected chi connectivity index (χ2v) is 5.14. The Hall–Kier alpha value is -1.84. The van der Waals surface area contributed by atoms with Gasteiger partial charge in [-0.2, -0.15) is 0 Å². The third-order valence-corrected chi connectivity index (χ3v) is 3.39. The Morgan fingerprint density at radius 3 is 2.89 bits per heavy atom. The van der Waals surface area contributed by atoms with Gasteiger partial charge in [-0.15, -0.1) is 0 Å². The van der Waals surface area contributed by atoms with Crippen LogP contribution in [-0.2, 0) is 22.6 Å². The van der Waals surface area contributed by atoms with Crippen molar-refractivity contribution in [3.63, 3.8) is 0 Å². The van der Waals surface area contributed by atoms with Gasteiger partial charge in [-0.25, -0.2) is 0 Å². The molecule has 102 valence electrons. The zero-order chi connectivity index (χ0) is 13.8. The molecule has 1 aromatic rings. The van der Waals surface area contributed by atoms with Gasteiger partial charge in [0.25, 0.3) is 0 Å². The minimum Gasteiger partial charge on any atom is -0.374 e. The predicted molar refractivity (Wildman–Crippen MR) is 75.2 cm³/mol. The van der Waals surface area contributed by atoms with E-state index in [4.69, 9.17) is 0 Å². The van der Waals surface area contributed by atoms with E-state index in [1.165, 1.54) is 24.6 Å². The number of nitrogens with one attached hydrogen (secondary N) is 1. The van der Waals surface area contributed by atoms with Crippen molar-refractivity contribution in [3.05, 3.63) is 29.3 Å². The van der Waals surface area contributed by atoms with Crippen LogP contribution in [-0.4, -0.2) is 25.3 Å². The van der Waals surface area contributed by atoms with Gasteiger partial charge < -0.3 is 10.2 Å². The Bertz CT molecular complexity index is 497. The van der Waals surface area contributed by atoms with E-state index in [1.807, 2.05) is 6.07 Å². The molecule has 19 heavy (non-hydrogen) atoms. The van der Waals surface area contributed by atoms with Gasteiger partial charge in [0.05, 0.1) is 6.42 Å². The van der Waals surface area contributed by atoms with Gasteiger partial charge in [0.2, 0.25) is 5.91 Å². The van der Waals surface area contributed by atoms with Crippen molar-refractivity contribution >= 4 is 17.4 Å². The van der Waals surface area contributed by atoms with E-state index in [2.05, 4.69) is 29.4 Å².